The van der Waals surface area contributed by atoms with Crippen LogP contribution in [0.15, 0.2) is 45.9 Å². The van der Waals surface area contributed by atoms with Gasteiger partial charge in [-0.05, 0) is 31.2 Å². The topological polar surface area (TPSA) is 115 Å². The summed E-state index contributed by atoms with van der Waals surface area (Å²) in [5.41, 5.74) is 3.41. The van der Waals surface area contributed by atoms with Crippen molar-refractivity contribution in [2.24, 2.45) is 5.10 Å². The number of rotatable bonds is 3. The first-order valence-corrected chi connectivity index (χ1v) is 7.04. The van der Waals surface area contributed by atoms with Crippen LogP contribution in [0.5, 0.6) is 17.2 Å². The Morgan fingerprint density at radius 3 is 2.58 bits per heavy atom. The van der Waals surface area contributed by atoms with Crippen LogP contribution in [-0.2, 0) is 0 Å². The Balaban J connectivity index is 1.83. The minimum atomic E-state index is -0.598. The van der Waals surface area contributed by atoms with Crippen LogP contribution in [0.2, 0.25) is 0 Å². The Kier molecular flexibility index (Phi) is 3.83. The van der Waals surface area contributed by atoms with E-state index in [4.69, 9.17) is 4.42 Å². The maximum Gasteiger partial charge on any atom is 0.307 e. The third kappa shape index (κ3) is 2.63. The largest absolute Gasteiger partial charge is 0.507 e. The zero-order valence-electron chi connectivity index (χ0n) is 12.6. The van der Waals surface area contributed by atoms with Crippen LogP contribution in [0.3, 0.4) is 0 Å². The van der Waals surface area contributed by atoms with Gasteiger partial charge in [-0.15, -0.1) is 0 Å². The number of benzene rings is 2. The van der Waals surface area contributed by atoms with Crippen molar-refractivity contribution in [1.82, 2.24) is 5.43 Å². The van der Waals surface area contributed by atoms with Gasteiger partial charge in [0, 0.05) is 11.1 Å². The van der Waals surface area contributed by atoms with E-state index < -0.39 is 5.91 Å². The van der Waals surface area contributed by atoms with Gasteiger partial charge >= 0.3 is 5.91 Å². The lowest BCUT2D eigenvalue weighted by Gasteiger charge is -2.01. The fourth-order valence-corrected chi connectivity index (χ4v) is 2.36. The van der Waals surface area contributed by atoms with E-state index >= 15 is 0 Å². The number of carbonyl (C=O) groups excluding carboxylic acids is 1. The van der Waals surface area contributed by atoms with E-state index in [1.807, 2.05) is 0 Å². The Hall–Kier alpha value is -3.48. The molecule has 4 N–H and O–H groups in total. The average Bonchev–Trinajstić information content (AvgIpc) is 2.90. The van der Waals surface area contributed by atoms with E-state index in [0.717, 1.165) is 0 Å². The summed E-state index contributed by atoms with van der Waals surface area (Å²) in [6.07, 6.45) is 1.20. The summed E-state index contributed by atoms with van der Waals surface area (Å²) in [4.78, 5) is 12.2. The number of nitrogens with one attached hydrogen (secondary N) is 1. The number of furan rings is 1. The van der Waals surface area contributed by atoms with Crippen LogP contribution >= 0.6 is 0 Å². The summed E-state index contributed by atoms with van der Waals surface area (Å²) in [5, 5.41) is 33.1. The molecule has 0 radical (unpaired) electrons. The van der Waals surface area contributed by atoms with E-state index in [9.17, 15) is 20.1 Å². The third-order valence-corrected chi connectivity index (χ3v) is 3.55. The maximum atomic E-state index is 12.2. The van der Waals surface area contributed by atoms with Crippen molar-refractivity contribution in [3.8, 4) is 17.2 Å². The molecule has 7 nitrogen and oxygen atoms in total. The van der Waals surface area contributed by atoms with E-state index in [1.54, 1.807) is 19.1 Å². The molecule has 0 unspecified atom stereocenters. The van der Waals surface area contributed by atoms with Crippen LogP contribution in [0, 0.1) is 6.92 Å². The first-order valence-electron chi connectivity index (χ1n) is 7.04. The summed E-state index contributed by atoms with van der Waals surface area (Å²) in [5.74, 6) is -1.15. The van der Waals surface area contributed by atoms with Gasteiger partial charge < -0.3 is 19.7 Å². The molecule has 0 saturated heterocycles. The first-order chi connectivity index (χ1) is 11.5. The number of fused-ring (bicyclic) bond motifs is 1. The number of para-hydroxylation sites is 1. The molecule has 0 spiro atoms. The van der Waals surface area contributed by atoms with Crippen molar-refractivity contribution in [2.45, 2.75) is 6.92 Å². The molecule has 3 rings (SSSR count). The number of aryl methyl sites for hydroxylation is 1. The Morgan fingerprint density at radius 1 is 1.12 bits per heavy atom. The highest BCUT2D eigenvalue weighted by molar-refractivity contribution is 6.01. The molecule has 1 amide bonds. The highest BCUT2D eigenvalue weighted by Gasteiger charge is 2.19. The second kappa shape index (κ2) is 5.96. The molecule has 0 aliphatic carbocycles. The van der Waals surface area contributed by atoms with Crippen LogP contribution in [0.4, 0.5) is 0 Å². The predicted molar refractivity (Wildman–Crippen MR) is 87.4 cm³/mol. The number of amides is 1. The van der Waals surface area contributed by atoms with E-state index in [0.29, 0.717) is 16.5 Å². The number of phenolic OH excluding ortho intramolecular Hbond substituents is 3. The summed E-state index contributed by atoms with van der Waals surface area (Å²) < 4.78 is 5.45. The van der Waals surface area contributed by atoms with Gasteiger partial charge in [-0.25, -0.2) is 5.43 Å². The number of aromatic hydroxyl groups is 3. The van der Waals surface area contributed by atoms with Gasteiger partial charge in [0.1, 0.15) is 11.3 Å². The molecule has 24 heavy (non-hydrogen) atoms. The zero-order chi connectivity index (χ0) is 17.3. The first kappa shape index (κ1) is 15.4. The normalized spacial score (nSPS) is 11.2. The number of hydrazone groups is 1. The average molecular weight is 326 g/mol. The molecule has 2 aromatic carbocycles. The molecular weight excluding hydrogens is 312 g/mol. The molecule has 0 fully saturated rings. The summed E-state index contributed by atoms with van der Waals surface area (Å²) >= 11 is 0. The predicted octanol–water partition coefficient (Wildman–Crippen LogP) is 2.62. The molecule has 122 valence electrons. The van der Waals surface area contributed by atoms with E-state index in [-0.39, 0.29) is 28.6 Å². The Labute approximate surface area is 136 Å². The van der Waals surface area contributed by atoms with Crippen molar-refractivity contribution < 1.29 is 24.5 Å². The minimum absolute atomic E-state index is 0.0287. The summed E-state index contributed by atoms with van der Waals surface area (Å²) in [7, 11) is 0. The smallest absolute Gasteiger partial charge is 0.307 e. The van der Waals surface area contributed by atoms with Crippen LogP contribution in [-0.4, -0.2) is 27.4 Å². The second-order valence-electron chi connectivity index (χ2n) is 5.12. The minimum Gasteiger partial charge on any atom is -0.507 e. The Morgan fingerprint density at radius 2 is 1.83 bits per heavy atom. The molecule has 1 heterocycles. The molecule has 0 aliphatic rings. The molecule has 0 atom stereocenters. The lowest BCUT2D eigenvalue weighted by atomic mass is 10.1. The van der Waals surface area contributed by atoms with Gasteiger partial charge in [-0.1, -0.05) is 12.1 Å². The molecule has 1 aromatic heterocycles. The van der Waals surface area contributed by atoms with Gasteiger partial charge in [0.15, 0.2) is 17.3 Å². The quantitative estimate of drug-likeness (QED) is 0.335. The zero-order valence-corrected chi connectivity index (χ0v) is 12.6. The van der Waals surface area contributed by atoms with Gasteiger partial charge in [0.05, 0.1) is 11.6 Å². The van der Waals surface area contributed by atoms with Gasteiger partial charge in [-0.3, -0.25) is 4.79 Å². The fraction of sp³-hybridized carbons (Fsp3) is 0.0588. The monoisotopic (exact) mass is 326 g/mol. The number of carbonyl (C=O) groups is 1. The molecule has 0 bridgehead atoms. The number of nitrogens with zero attached hydrogens (tertiary/aromatic N) is 1. The fourth-order valence-electron chi connectivity index (χ4n) is 2.36. The number of hydrogen-bond acceptors (Lipinski definition) is 6. The molecule has 0 saturated carbocycles. The molecule has 7 heteroatoms. The Bertz CT molecular complexity index is 959. The van der Waals surface area contributed by atoms with Crippen molar-refractivity contribution in [3.63, 3.8) is 0 Å². The van der Waals surface area contributed by atoms with Gasteiger partial charge in [0.2, 0.25) is 0 Å². The van der Waals surface area contributed by atoms with Crippen LogP contribution in [0.1, 0.15) is 21.7 Å². The van der Waals surface area contributed by atoms with Crippen LogP contribution in [0.25, 0.3) is 11.0 Å². The highest BCUT2D eigenvalue weighted by atomic mass is 16.3. The molecule has 0 aliphatic heterocycles. The summed E-state index contributed by atoms with van der Waals surface area (Å²) in [6, 6.07) is 9.16. The van der Waals surface area contributed by atoms with Crippen molar-refractivity contribution in [1.29, 1.82) is 0 Å². The molecular formula is C17H14N2O5. The lowest BCUT2D eigenvalue weighted by molar-refractivity contribution is 0.0929. The molecule has 3 aromatic rings. The van der Waals surface area contributed by atoms with Crippen LogP contribution < -0.4 is 5.43 Å². The SMILES string of the molecule is Cc1c(C(=O)N/N=C/c2cccc(O)c2O)oc2cccc(O)c12. The standard InChI is InChI=1S/C17H14N2O5/c1-9-14-11(20)5-3-7-13(14)24-16(9)17(23)19-18-8-10-4-2-6-12(21)15(10)22/h2-8,20-22H,1H3,(H,19,23)/b18-8+. The van der Waals surface area contributed by atoms with Crippen molar-refractivity contribution in [3.05, 3.63) is 53.3 Å². The third-order valence-electron chi connectivity index (χ3n) is 3.55. The van der Waals surface area contributed by atoms with Gasteiger partial charge in [-0.2, -0.15) is 5.10 Å². The van der Waals surface area contributed by atoms with E-state index in [1.165, 1.54) is 30.5 Å². The van der Waals surface area contributed by atoms with Crippen molar-refractivity contribution in [2.75, 3.05) is 0 Å². The highest BCUT2D eigenvalue weighted by Crippen LogP contribution is 2.32. The maximum absolute atomic E-state index is 12.2. The number of phenols is 3. The summed E-state index contributed by atoms with van der Waals surface area (Å²) in [6.45, 7) is 1.66. The van der Waals surface area contributed by atoms with Gasteiger partial charge in [0.25, 0.3) is 0 Å². The van der Waals surface area contributed by atoms with E-state index in [2.05, 4.69) is 10.5 Å². The lowest BCUT2D eigenvalue weighted by Crippen LogP contribution is -2.17. The number of hydrogen-bond donors (Lipinski definition) is 4. The second-order valence-corrected chi connectivity index (χ2v) is 5.12. The van der Waals surface area contributed by atoms with Crippen molar-refractivity contribution >= 4 is 23.1 Å².